The number of fused-ring (bicyclic) bond motifs is 1. The molecule has 27 heavy (non-hydrogen) atoms. The molecule has 1 heterocycles. The molecular formula is C21H22N4OS. The Morgan fingerprint density at radius 3 is 2.67 bits per heavy atom. The van der Waals surface area contributed by atoms with E-state index >= 15 is 0 Å². The zero-order valence-electron chi connectivity index (χ0n) is 15.3. The number of carbonyl (C=O) groups excluding carboxylic acids is 1. The van der Waals surface area contributed by atoms with E-state index < -0.39 is 0 Å². The minimum absolute atomic E-state index is 0.00493. The maximum absolute atomic E-state index is 12.8. The third kappa shape index (κ3) is 3.34. The normalized spacial score (nSPS) is 17.8. The van der Waals surface area contributed by atoms with E-state index in [4.69, 9.17) is 0 Å². The maximum Gasteiger partial charge on any atom is 0.237 e. The first-order chi connectivity index (χ1) is 13.2. The number of hydrogen-bond acceptors (Lipinski definition) is 4. The lowest BCUT2D eigenvalue weighted by molar-refractivity contribution is -0.115. The van der Waals surface area contributed by atoms with Gasteiger partial charge in [0.2, 0.25) is 5.91 Å². The average molecular weight is 379 g/mol. The molecule has 1 amide bonds. The van der Waals surface area contributed by atoms with Gasteiger partial charge in [-0.15, -0.1) is 10.2 Å². The Balaban J connectivity index is 1.34. The van der Waals surface area contributed by atoms with E-state index in [-0.39, 0.29) is 11.2 Å². The number of carbonyl (C=O) groups is 1. The van der Waals surface area contributed by atoms with Gasteiger partial charge in [0.05, 0.1) is 5.25 Å². The first-order valence-electron chi connectivity index (χ1n) is 9.61. The molecular weight excluding hydrogens is 356 g/mol. The van der Waals surface area contributed by atoms with Crippen LogP contribution in [0.1, 0.15) is 50.4 Å². The number of hydrogen-bond donors (Lipinski definition) is 1. The van der Waals surface area contributed by atoms with Crippen molar-refractivity contribution in [3.8, 4) is 0 Å². The van der Waals surface area contributed by atoms with Gasteiger partial charge >= 0.3 is 0 Å². The Labute approximate surface area is 162 Å². The van der Waals surface area contributed by atoms with E-state index in [1.807, 2.05) is 37.3 Å². The second kappa shape index (κ2) is 6.68. The third-order valence-corrected chi connectivity index (χ3v) is 6.30. The van der Waals surface area contributed by atoms with E-state index in [2.05, 4.69) is 32.2 Å². The van der Waals surface area contributed by atoms with Crippen LogP contribution in [0.5, 0.6) is 0 Å². The molecule has 2 fully saturated rings. The SMILES string of the molecule is C[C@@H](Sc1nnc(C2CC2)n1C1CC1)C(=O)Nc1cccc2ccccc12. The van der Waals surface area contributed by atoms with Crippen molar-refractivity contribution >= 4 is 34.1 Å². The third-order valence-electron chi connectivity index (χ3n) is 5.24. The van der Waals surface area contributed by atoms with Crippen molar-refractivity contribution in [2.45, 2.75) is 55.0 Å². The summed E-state index contributed by atoms with van der Waals surface area (Å²) in [4.78, 5) is 12.8. The van der Waals surface area contributed by atoms with E-state index in [9.17, 15) is 4.79 Å². The van der Waals surface area contributed by atoms with Crippen molar-refractivity contribution in [1.29, 1.82) is 0 Å². The monoisotopic (exact) mass is 378 g/mol. The molecule has 0 spiro atoms. The van der Waals surface area contributed by atoms with Crippen LogP contribution in [-0.2, 0) is 4.79 Å². The molecule has 5 rings (SSSR count). The molecule has 6 heteroatoms. The average Bonchev–Trinajstić information content (AvgIpc) is 3.61. The summed E-state index contributed by atoms with van der Waals surface area (Å²) in [5, 5.41) is 14.8. The second-order valence-electron chi connectivity index (χ2n) is 7.49. The van der Waals surface area contributed by atoms with Crippen molar-refractivity contribution in [2.24, 2.45) is 0 Å². The molecule has 5 nitrogen and oxygen atoms in total. The largest absolute Gasteiger partial charge is 0.325 e. The van der Waals surface area contributed by atoms with Gasteiger partial charge in [0, 0.05) is 23.0 Å². The summed E-state index contributed by atoms with van der Waals surface area (Å²) in [6.07, 6.45) is 4.82. The molecule has 0 saturated heterocycles. The Hall–Kier alpha value is -2.34. The molecule has 3 aromatic rings. The van der Waals surface area contributed by atoms with Crippen LogP contribution in [-0.4, -0.2) is 25.9 Å². The number of thioether (sulfide) groups is 1. The summed E-state index contributed by atoms with van der Waals surface area (Å²) in [7, 11) is 0. The van der Waals surface area contributed by atoms with Crippen LogP contribution in [0, 0.1) is 0 Å². The van der Waals surface area contributed by atoms with E-state index in [1.165, 1.54) is 37.4 Å². The van der Waals surface area contributed by atoms with Crippen molar-refractivity contribution in [3.63, 3.8) is 0 Å². The lowest BCUT2D eigenvalue weighted by Gasteiger charge is -2.14. The molecule has 0 bridgehead atoms. The highest BCUT2D eigenvalue weighted by Gasteiger charge is 2.37. The molecule has 0 unspecified atom stereocenters. The Kier molecular flexibility index (Phi) is 4.16. The van der Waals surface area contributed by atoms with Crippen molar-refractivity contribution in [1.82, 2.24) is 14.8 Å². The lowest BCUT2D eigenvalue weighted by Crippen LogP contribution is -2.23. The Morgan fingerprint density at radius 2 is 1.89 bits per heavy atom. The van der Waals surface area contributed by atoms with E-state index in [0.717, 1.165) is 27.4 Å². The second-order valence-corrected chi connectivity index (χ2v) is 8.80. The zero-order valence-corrected chi connectivity index (χ0v) is 16.1. The van der Waals surface area contributed by atoms with Gasteiger partial charge in [-0.2, -0.15) is 0 Å². The Bertz CT molecular complexity index is 1000. The highest BCUT2D eigenvalue weighted by atomic mass is 32.2. The molecule has 138 valence electrons. The number of nitrogens with one attached hydrogen (secondary N) is 1. The molecule has 2 saturated carbocycles. The summed E-state index contributed by atoms with van der Waals surface area (Å²) in [6, 6.07) is 14.6. The highest BCUT2D eigenvalue weighted by Crippen LogP contribution is 2.46. The fraction of sp³-hybridized carbons (Fsp3) is 0.381. The molecule has 1 aromatic heterocycles. The topological polar surface area (TPSA) is 59.8 Å². The number of anilines is 1. The first kappa shape index (κ1) is 16.8. The van der Waals surface area contributed by atoms with Gasteiger partial charge in [-0.1, -0.05) is 48.2 Å². The summed E-state index contributed by atoms with van der Waals surface area (Å²) < 4.78 is 2.30. The molecule has 0 radical (unpaired) electrons. The Morgan fingerprint density at radius 1 is 1.11 bits per heavy atom. The van der Waals surface area contributed by atoms with Crippen molar-refractivity contribution in [2.75, 3.05) is 5.32 Å². The number of amides is 1. The molecule has 2 aliphatic rings. The quantitative estimate of drug-likeness (QED) is 0.628. The van der Waals surface area contributed by atoms with Gasteiger partial charge < -0.3 is 9.88 Å². The number of benzene rings is 2. The summed E-state index contributed by atoms with van der Waals surface area (Å²) >= 11 is 1.51. The van der Waals surface area contributed by atoms with Crippen LogP contribution in [0.15, 0.2) is 47.6 Å². The van der Waals surface area contributed by atoms with Gasteiger partial charge in [-0.05, 0) is 44.1 Å². The van der Waals surface area contributed by atoms with Crippen LogP contribution >= 0.6 is 11.8 Å². The van der Waals surface area contributed by atoms with Crippen LogP contribution in [0.4, 0.5) is 5.69 Å². The molecule has 1 N–H and O–H groups in total. The standard InChI is InChI=1S/C21H22N4OS/c1-13(20(26)22-18-8-4-6-14-5-2-3-7-17(14)18)27-21-24-23-19(15-9-10-15)25(21)16-11-12-16/h2-8,13,15-16H,9-12H2,1H3,(H,22,26)/t13-/m1/s1. The van der Waals surface area contributed by atoms with Crippen LogP contribution < -0.4 is 5.32 Å². The van der Waals surface area contributed by atoms with Crippen LogP contribution in [0.3, 0.4) is 0 Å². The molecule has 2 aliphatic carbocycles. The minimum Gasteiger partial charge on any atom is -0.325 e. The molecule has 0 aliphatic heterocycles. The van der Waals surface area contributed by atoms with Gasteiger partial charge in [-0.25, -0.2) is 0 Å². The number of nitrogens with zero attached hydrogens (tertiary/aromatic N) is 3. The van der Waals surface area contributed by atoms with Crippen molar-refractivity contribution < 1.29 is 4.79 Å². The van der Waals surface area contributed by atoms with Crippen molar-refractivity contribution in [3.05, 3.63) is 48.3 Å². The van der Waals surface area contributed by atoms with E-state index in [1.54, 1.807) is 0 Å². The molecule has 1 atom stereocenters. The predicted octanol–water partition coefficient (Wildman–Crippen LogP) is 4.76. The number of rotatable bonds is 6. The number of aromatic nitrogens is 3. The predicted molar refractivity (Wildman–Crippen MR) is 108 cm³/mol. The lowest BCUT2D eigenvalue weighted by atomic mass is 10.1. The van der Waals surface area contributed by atoms with Gasteiger partial charge in [-0.3, -0.25) is 4.79 Å². The van der Waals surface area contributed by atoms with Crippen LogP contribution in [0.25, 0.3) is 10.8 Å². The highest BCUT2D eigenvalue weighted by molar-refractivity contribution is 8.00. The smallest absolute Gasteiger partial charge is 0.237 e. The first-order valence-corrected chi connectivity index (χ1v) is 10.5. The summed E-state index contributed by atoms with van der Waals surface area (Å²) in [6.45, 7) is 1.94. The summed E-state index contributed by atoms with van der Waals surface area (Å²) in [5.74, 6) is 1.70. The fourth-order valence-corrected chi connectivity index (χ4v) is 4.37. The zero-order chi connectivity index (χ0) is 18.4. The van der Waals surface area contributed by atoms with Crippen LogP contribution in [0.2, 0.25) is 0 Å². The summed E-state index contributed by atoms with van der Waals surface area (Å²) in [5.41, 5.74) is 0.855. The van der Waals surface area contributed by atoms with E-state index in [0.29, 0.717) is 12.0 Å². The minimum atomic E-state index is -0.238. The maximum atomic E-state index is 12.8. The fourth-order valence-electron chi connectivity index (χ4n) is 3.44. The van der Waals surface area contributed by atoms with Gasteiger partial charge in [0.25, 0.3) is 0 Å². The molecule has 2 aromatic carbocycles. The van der Waals surface area contributed by atoms with Gasteiger partial charge in [0.15, 0.2) is 5.16 Å². The van der Waals surface area contributed by atoms with Gasteiger partial charge in [0.1, 0.15) is 5.82 Å².